The molecule has 0 atom stereocenters. The van der Waals surface area contributed by atoms with Crippen molar-refractivity contribution in [2.45, 2.75) is 6.92 Å². The minimum Gasteiger partial charge on any atom is -0.349 e. The zero-order valence-electron chi connectivity index (χ0n) is 9.16. The Balaban J connectivity index is 2.44. The molecule has 0 fully saturated rings. The van der Waals surface area contributed by atoms with Gasteiger partial charge in [0.1, 0.15) is 11.8 Å². The highest BCUT2D eigenvalue weighted by Crippen LogP contribution is 1.98. The van der Waals surface area contributed by atoms with Crippen LogP contribution in [0.3, 0.4) is 0 Å². The number of aromatic nitrogens is 1. The maximum atomic E-state index is 11.5. The van der Waals surface area contributed by atoms with Gasteiger partial charge in [0.25, 0.3) is 5.91 Å². The molecule has 0 aromatic carbocycles. The molecule has 1 heterocycles. The maximum Gasteiger partial charge on any atom is 0.269 e. The van der Waals surface area contributed by atoms with Crippen LogP contribution < -0.4 is 10.6 Å². The molecule has 0 saturated carbocycles. The predicted octanol–water partition coefficient (Wildman–Crippen LogP) is 0.293. The fourth-order valence-corrected chi connectivity index (χ4v) is 1.13. The van der Waals surface area contributed by atoms with E-state index in [1.165, 1.54) is 6.20 Å². The third kappa shape index (κ3) is 3.67. The largest absolute Gasteiger partial charge is 0.349 e. The highest BCUT2D eigenvalue weighted by molar-refractivity contribution is 5.92. The molecule has 1 amide bonds. The van der Waals surface area contributed by atoms with E-state index in [-0.39, 0.29) is 5.91 Å². The second-order valence-electron chi connectivity index (χ2n) is 3.15. The van der Waals surface area contributed by atoms with Gasteiger partial charge < -0.3 is 10.6 Å². The summed E-state index contributed by atoms with van der Waals surface area (Å²) >= 11 is 0. The van der Waals surface area contributed by atoms with Crippen LogP contribution in [0.25, 0.3) is 0 Å². The zero-order valence-corrected chi connectivity index (χ0v) is 9.16. The second-order valence-corrected chi connectivity index (χ2v) is 3.15. The molecule has 1 aromatic heterocycles. The number of nitrogens with zero attached hydrogens (tertiary/aromatic N) is 2. The van der Waals surface area contributed by atoms with Crippen LogP contribution in [0, 0.1) is 11.3 Å². The van der Waals surface area contributed by atoms with Gasteiger partial charge in [0.15, 0.2) is 0 Å². The van der Waals surface area contributed by atoms with E-state index in [9.17, 15) is 4.79 Å². The first kappa shape index (κ1) is 12.1. The minimum atomic E-state index is -0.220. The molecule has 0 saturated heterocycles. The summed E-state index contributed by atoms with van der Waals surface area (Å²) in [7, 11) is 0. The van der Waals surface area contributed by atoms with Gasteiger partial charge in [-0.05, 0) is 18.7 Å². The average Bonchev–Trinajstić information content (AvgIpc) is 2.34. The van der Waals surface area contributed by atoms with E-state index >= 15 is 0 Å². The number of hydrogen-bond donors (Lipinski definition) is 2. The maximum absolute atomic E-state index is 11.5. The van der Waals surface area contributed by atoms with Crippen molar-refractivity contribution in [2.75, 3.05) is 19.6 Å². The normalized spacial score (nSPS) is 9.50. The van der Waals surface area contributed by atoms with E-state index in [2.05, 4.69) is 15.6 Å². The van der Waals surface area contributed by atoms with Gasteiger partial charge in [0.05, 0.1) is 5.56 Å². The molecule has 0 spiro atoms. The SMILES string of the molecule is CCNCCNC(=O)c1ccc(C#N)cn1. The van der Waals surface area contributed by atoms with Gasteiger partial charge in [-0.3, -0.25) is 4.79 Å². The van der Waals surface area contributed by atoms with Crippen LogP contribution >= 0.6 is 0 Å². The van der Waals surface area contributed by atoms with E-state index in [0.717, 1.165) is 13.1 Å². The van der Waals surface area contributed by atoms with E-state index < -0.39 is 0 Å². The first-order chi connectivity index (χ1) is 7.77. The Bertz CT molecular complexity index is 380. The van der Waals surface area contributed by atoms with Crippen molar-refractivity contribution in [3.8, 4) is 6.07 Å². The Morgan fingerprint density at radius 1 is 1.50 bits per heavy atom. The van der Waals surface area contributed by atoms with Gasteiger partial charge in [-0.25, -0.2) is 4.98 Å². The Hall–Kier alpha value is -1.93. The van der Waals surface area contributed by atoms with E-state index in [0.29, 0.717) is 17.8 Å². The highest BCUT2D eigenvalue weighted by Gasteiger charge is 2.05. The molecule has 0 aliphatic heterocycles. The summed E-state index contributed by atoms with van der Waals surface area (Å²) < 4.78 is 0. The lowest BCUT2D eigenvalue weighted by atomic mass is 10.2. The Kier molecular flexibility index (Phi) is 4.96. The van der Waals surface area contributed by atoms with Crippen LogP contribution in [0.1, 0.15) is 23.0 Å². The Morgan fingerprint density at radius 2 is 2.31 bits per heavy atom. The first-order valence-corrected chi connectivity index (χ1v) is 5.13. The number of rotatable bonds is 5. The van der Waals surface area contributed by atoms with Crippen LogP contribution in [-0.4, -0.2) is 30.5 Å². The van der Waals surface area contributed by atoms with Crippen molar-refractivity contribution >= 4 is 5.91 Å². The number of nitriles is 1. The number of hydrogen-bond acceptors (Lipinski definition) is 4. The van der Waals surface area contributed by atoms with Gasteiger partial charge >= 0.3 is 0 Å². The van der Waals surface area contributed by atoms with Crippen molar-refractivity contribution < 1.29 is 4.79 Å². The minimum absolute atomic E-state index is 0.220. The molecular formula is C11H14N4O. The van der Waals surface area contributed by atoms with Crippen LogP contribution in [0.4, 0.5) is 0 Å². The average molecular weight is 218 g/mol. The topological polar surface area (TPSA) is 77.8 Å². The van der Waals surface area contributed by atoms with Crippen LogP contribution in [-0.2, 0) is 0 Å². The number of nitrogens with one attached hydrogen (secondary N) is 2. The molecular weight excluding hydrogens is 204 g/mol. The summed E-state index contributed by atoms with van der Waals surface area (Å²) in [5.41, 5.74) is 0.777. The van der Waals surface area contributed by atoms with Gasteiger partial charge in [-0.2, -0.15) is 5.26 Å². The first-order valence-electron chi connectivity index (χ1n) is 5.13. The smallest absolute Gasteiger partial charge is 0.269 e. The molecule has 0 aliphatic carbocycles. The number of pyridine rings is 1. The summed E-state index contributed by atoms with van der Waals surface area (Å²) in [6.07, 6.45) is 1.39. The Labute approximate surface area is 94.5 Å². The second kappa shape index (κ2) is 6.53. The molecule has 1 aromatic rings. The van der Waals surface area contributed by atoms with Crippen LogP contribution in [0.5, 0.6) is 0 Å². The van der Waals surface area contributed by atoms with Crippen molar-refractivity contribution in [1.82, 2.24) is 15.6 Å². The zero-order chi connectivity index (χ0) is 11.8. The molecule has 5 nitrogen and oxygen atoms in total. The van der Waals surface area contributed by atoms with Crippen molar-refractivity contribution in [3.63, 3.8) is 0 Å². The lowest BCUT2D eigenvalue weighted by Crippen LogP contribution is -2.32. The summed E-state index contributed by atoms with van der Waals surface area (Å²) in [5.74, 6) is -0.220. The molecule has 0 radical (unpaired) electrons. The van der Waals surface area contributed by atoms with Crippen molar-refractivity contribution in [3.05, 3.63) is 29.6 Å². The molecule has 84 valence electrons. The molecule has 0 bridgehead atoms. The quantitative estimate of drug-likeness (QED) is 0.696. The third-order valence-corrected chi connectivity index (χ3v) is 1.96. The van der Waals surface area contributed by atoms with Gasteiger partial charge in [0, 0.05) is 19.3 Å². The lowest BCUT2D eigenvalue weighted by molar-refractivity contribution is 0.0949. The number of amides is 1. The molecule has 0 aliphatic rings. The molecule has 16 heavy (non-hydrogen) atoms. The van der Waals surface area contributed by atoms with Gasteiger partial charge in [-0.1, -0.05) is 6.92 Å². The number of carbonyl (C=O) groups is 1. The van der Waals surface area contributed by atoms with Crippen molar-refractivity contribution in [2.24, 2.45) is 0 Å². The highest BCUT2D eigenvalue weighted by atomic mass is 16.1. The third-order valence-electron chi connectivity index (χ3n) is 1.96. The van der Waals surface area contributed by atoms with E-state index in [1.807, 2.05) is 13.0 Å². The molecule has 5 heteroatoms. The summed E-state index contributed by atoms with van der Waals surface area (Å²) in [6, 6.07) is 5.07. The fraction of sp³-hybridized carbons (Fsp3) is 0.364. The van der Waals surface area contributed by atoms with Crippen LogP contribution in [0.2, 0.25) is 0 Å². The standard InChI is InChI=1S/C11H14N4O/c1-2-13-5-6-14-11(16)10-4-3-9(7-12)8-15-10/h3-4,8,13H,2,5-6H2,1H3,(H,14,16). The number of carbonyl (C=O) groups excluding carboxylic acids is 1. The fourth-order valence-electron chi connectivity index (χ4n) is 1.13. The Morgan fingerprint density at radius 3 is 2.88 bits per heavy atom. The predicted molar refractivity (Wildman–Crippen MR) is 59.8 cm³/mol. The monoisotopic (exact) mass is 218 g/mol. The van der Waals surface area contributed by atoms with Gasteiger partial charge in [0.2, 0.25) is 0 Å². The van der Waals surface area contributed by atoms with Crippen LogP contribution in [0.15, 0.2) is 18.3 Å². The van der Waals surface area contributed by atoms with Crippen molar-refractivity contribution in [1.29, 1.82) is 5.26 Å². The molecule has 0 unspecified atom stereocenters. The summed E-state index contributed by atoms with van der Waals surface area (Å²) in [4.78, 5) is 15.4. The van der Waals surface area contributed by atoms with Gasteiger partial charge in [-0.15, -0.1) is 0 Å². The summed E-state index contributed by atoms with van der Waals surface area (Å²) in [6.45, 7) is 4.18. The van der Waals surface area contributed by atoms with E-state index in [4.69, 9.17) is 5.26 Å². The number of likely N-dealkylation sites (N-methyl/N-ethyl adjacent to an activating group) is 1. The lowest BCUT2D eigenvalue weighted by Gasteiger charge is -2.04. The summed E-state index contributed by atoms with van der Waals surface area (Å²) in [5, 5.41) is 14.4. The molecule has 2 N–H and O–H groups in total. The van der Waals surface area contributed by atoms with E-state index in [1.54, 1.807) is 12.1 Å². The molecule has 1 rings (SSSR count).